The molecule has 0 saturated heterocycles. The summed E-state index contributed by atoms with van der Waals surface area (Å²) in [5.74, 6) is 0.254. The van der Waals surface area contributed by atoms with Gasteiger partial charge in [-0.1, -0.05) is 18.2 Å². The van der Waals surface area contributed by atoms with Crippen LogP contribution < -0.4 is 4.57 Å². The molecule has 107 valence electrons. The van der Waals surface area contributed by atoms with E-state index in [9.17, 15) is 4.79 Å². The number of carbonyl (C=O) groups is 1. The summed E-state index contributed by atoms with van der Waals surface area (Å²) in [5, 5.41) is 0. The number of Topliss-reactive ketones (excluding diaryl/α,β-unsaturated/α-hetero) is 1. The number of pyridine rings is 1. The average Bonchev–Trinajstić information content (AvgIpc) is 2.39. The van der Waals surface area contributed by atoms with Crippen LogP contribution in [0, 0.1) is 27.7 Å². The van der Waals surface area contributed by atoms with E-state index in [1.807, 2.05) is 38.1 Å². The number of carbonyl (C=O) groups excluding carboxylic acids is 1. The van der Waals surface area contributed by atoms with Crippen molar-refractivity contribution in [3.63, 3.8) is 0 Å². The summed E-state index contributed by atoms with van der Waals surface area (Å²) in [5.41, 5.74) is 5.82. The van der Waals surface area contributed by atoms with Gasteiger partial charge in [0.25, 0.3) is 0 Å². The van der Waals surface area contributed by atoms with Gasteiger partial charge in [0.15, 0.2) is 11.4 Å². The Morgan fingerprint density at radius 3 is 1.90 bits per heavy atom. The molecule has 2 rings (SSSR count). The Hall–Kier alpha value is -0.856. The van der Waals surface area contributed by atoms with Gasteiger partial charge in [-0.15, -0.1) is 0 Å². The zero-order valence-corrected chi connectivity index (χ0v) is 16.1. The Kier molecular flexibility index (Phi) is 6.89. The maximum atomic E-state index is 12.4. The van der Waals surface area contributed by atoms with Crippen LogP contribution in [0.5, 0.6) is 0 Å². The minimum Gasteiger partial charge on any atom is -0.292 e. The van der Waals surface area contributed by atoms with Crippen LogP contribution in [0.25, 0.3) is 0 Å². The van der Waals surface area contributed by atoms with Gasteiger partial charge in [0, 0.05) is 65.1 Å². The zero-order valence-electron chi connectivity index (χ0n) is 13.3. The van der Waals surface area contributed by atoms with Gasteiger partial charge in [-0.25, -0.2) is 0 Å². The molecule has 0 aliphatic rings. The normalized spacial score (nSPS) is 10.1. The molecule has 0 aliphatic carbocycles. The maximum absolute atomic E-state index is 12.4. The first kappa shape index (κ1) is 18.2. The molecular weight excluding hydrogens is 335 g/mol. The molecule has 3 heteroatoms. The van der Waals surface area contributed by atoms with E-state index < -0.39 is 0 Å². The molecule has 2 aromatic rings. The van der Waals surface area contributed by atoms with E-state index in [1.165, 1.54) is 16.7 Å². The van der Waals surface area contributed by atoms with Crippen molar-refractivity contribution in [1.29, 1.82) is 0 Å². The van der Waals surface area contributed by atoms with E-state index in [0.29, 0.717) is 13.0 Å². The smallest absolute Gasteiger partial charge is 0.207 e. The molecular formula is C18H22NOY+. The van der Waals surface area contributed by atoms with E-state index in [0.717, 1.165) is 11.4 Å². The molecule has 1 heterocycles. The second-order valence-electron chi connectivity index (χ2n) is 5.48. The van der Waals surface area contributed by atoms with Crippen molar-refractivity contribution in [2.45, 2.75) is 40.7 Å². The van der Waals surface area contributed by atoms with Crippen molar-refractivity contribution in [1.82, 2.24) is 0 Å². The number of aromatic nitrogens is 1. The minimum atomic E-state index is 0. The first-order chi connectivity index (χ1) is 9.49. The van der Waals surface area contributed by atoms with Crippen molar-refractivity contribution in [2.75, 3.05) is 0 Å². The fourth-order valence-corrected chi connectivity index (χ4v) is 2.59. The van der Waals surface area contributed by atoms with Gasteiger partial charge >= 0.3 is 0 Å². The number of rotatable bonds is 4. The molecule has 1 aromatic heterocycles. The summed E-state index contributed by atoms with van der Waals surface area (Å²) in [4.78, 5) is 12.4. The molecule has 0 fully saturated rings. The molecule has 21 heavy (non-hydrogen) atoms. The molecule has 0 saturated carbocycles. The summed E-state index contributed by atoms with van der Waals surface area (Å²) >= 11 is 0. The van der Waals surface area contributed by atoms with Crippen LogP contribution in [0.15, 0.2) is 36.4 Å². The van der Waals surface area contributed by atoms with E-state index >= 15 is 0 Å². The average molecular weight is 357 g/mol. The van der Waals surface area contributed by atoms with Crippen LogP contribution in [-0.4, -0.2) is 5.78 Å². The van der Waals surface area contributed by atoms with E-state index in [2.05, 4.69) is 30.5 Å². The standard InChI is InChI=1S/C18H22NO.Y/c1-13-7-5-8-14(2)18(13)11-17(20)12-19-15(3)9-6-10-16(19)4;/h5-10H,11-12H2,1-4H3;/q+1;. The Morgan fingerprint density at radius 1 is 0.905 bits per heavy atom. The number of hydrogen-bond donors (Lipinski definition) is 0. The SMILES string of the molecule is Cc1cccc(C)c1CC(=O)C[n+]1c(C)cccc1C.[Y]. The van der Waals surface area contributed by atoms with Gasteiger partial charge < -0.3 is 0 Å². The van der Waals surface area contributed by atoms with Crippen molar-refractivity contribution in [3.8, 4) is 0 Å². The Morgan fingerprint density at radius 2 is 1.38 bits per heavy atom. The third-order valence-electron chi connectivity index (χ3n) is 3.88. The third-order valence-corrected chi connectivity index (χ3v) is 3.88. The summed E-state index contributed by atoms with van der Waals surface area (Å²) in [6.07, 6.45) is 0.513. The van der Waals surface area contributed by atoms with Gasteiger partial charge in [0.2, 0.25) is 12.3 Å². The molecule has 1 aromatic carbocycles. The van der Waals surface area contributed by atoms with E-state index in [4.69, 9.17) is 0 Å². The predicted molar refractivity (Wildman–Crippen MR) is 80.7 cm³/mol. The van der Waals surface area contributed by atoms with Crippen molar-refractivity contribution < 1.29 is 42.1 Å². The van der Waals surface area contributed by atoms with Crippen molar-refractivity contribution in [2.24, 2.45) is 0 Å². The molecule has 0 unspecified atom stereocenters. The van der Waals surface area contributed by atoms with Gasteiger partial charge in [0.05, 0.1) is 0 Å². The number of ketones is 1. The Labute approximate surface area is 152 Å². The molecule has 1 radical (unpaired) electrons. The number of nitrogens with zero attached hydrogens (tertiary/aromatic N) is 1. The van der Waals surface area contributed by atoms with Crippen LogP contribution in [-0.2, 0) is 50.5 Å². The number of hydrogen-bond acceptors (Lipinski definition) is 1. The summed E-state index contributed by atoms with van der Waals surface area (Å²) in [6.45, 7) is 8.68. The first-order valence-corrected chi connectivity index (χ1v) is 7.02. The van der Waals surface area contributed by atoms with Gasteiger partial charge in [-0.3, -0.25) is 4.79 Å². The molecule has 0 N–H and O–H groups in total. The Bertz CT molecular complexity index is 554. The quantitative estimate of drug-likeness (QED) is 0.771. The molecule has 2 nitrogen and oxygen atoms in total. The van der Waals surface area contributed by atoms with E-state index in [-0.39, 0.29) is 38.5 Å². The third kappa shape index (κ3) is 4.56. The fraction of sp³-hybridized carbons (Fsp3) is 0.333. The van der Waals surface area contributed by atoms with Crippen LogP contribution >= 0.6 is 0 Å². The van der Waals surface area contributed by atoms with E-state index in [1.54, 1.807) is 0 Å². The molecule has 0 spiro atoms. The van der Waals surface area contributed by atoms with Crippen LogP contribution in [0.1, 0.15) is 28.1 Å². The van der Waals surface area contributed by atoms with Gasteiger partial charge in [0.1, 0.15) is 0 Å². The zero-order chi connectivity index (χ0) is 14.7. The van der Waals surface area contributed by atoms with Gasteiger partial charge in [-0.05, 0) is 36.6 Å². The number of benzene rings is 1. The largest absolute Gasteiger partial charge is 0.292 e. The topological polar surface area (TPSA) is 20.9 Å². The van der Waals surface area contributed by atoms with Crippen LogP contribution in [0.3, 0.4) is 0 Å². The summed E-state index contributed by atoms with van der Waals surface area (Å²) in [6, 6.07) is 12.3. The molecule has 0 bridgehead atoms. The van der Waals surface area contributed by atoms with Crippen molar-refractivity contribution >= 4 is 5.78 Å². The van der Waals surface area contributed by atoms with Gasteiger partial charge in [-0.2, -0.15) is 4.57 Å². The Balaban J connectivity index is 0.00000220. The minimum absolute atomic E-state index is 0. The fourth-order valence-electron chi connectivity index (χ4n) is 2.59. The molecule has 0 amide bonds. The second kappa shape index (κ2) is 7.96. The van der Waals surface area contributed by atoms with Crippen molar-refractivity contribution in [3.05, 3.63) is 64.5 Å². The monoisotopic (exact) mass is 357 g/mol. The second-order valence-corrected chi connectivity index (χ2v) is 5.48. The predicted octanol–water partition coefficient (Wildman–Crippen LogP) is 3.02. The van der Waals surface area contributed by atoms with Crippen LogP contribution in [0.2, 0.25) is 0 Å². The first-order valence-electron chi connectivity index (χ1n) is 7.02. The molecule has 0 atom stereocenters. The number of aryl methyl sites for hydroxylation is 4. The summed E-state index contributed by atoms with van der Waals surface area (Å²) in [7, 11) is 0. The maximum Gasteiger partial charge on any atom is 0.207 e. The summed E-state index contributed by atoms with van der Waals surface area (Å²) < 4.78 is 2.08. The van der Waals surface area contributed by atoms with Crippen LogP contribution in [0.4, 0.5) is 0 Å². The molecule has 0 aliphatic heterocycles.